The highest BCUT2D eigenvalue weighted by molar-refractivity contribution is 6.35. The monoisotopic (exact) mass is 378 g/mol. The van der Waals surface area contributed by atoms with Gasteiger partial charge >= 0.3 is 11.8 Å². The minimum absolute atomic E-state index is 0.690. The van der Waals surface area contributed by atoms with Gasteiger partial charge in [0.2, 0.25) is 0 Å². The van der Waals surface area contributed by atoms with Gasteiger partial charge in [-0.2, -0.15) is 0 Å². The average molecular weight is 378 g/mol. The molecule has 6 heteroatoms. The molecule has 0 saturated heterocycles. The summed E-state index contributed by atoms with van der Waals surface area (Å²) in [7, 11) is 0. The van der Waals surface area contributed by atoms with Gasteiger partial charge in [0.1, 0.15) is 0 Å². The van der Waals surface area contributed by atoms with E-state index in [9.17, 15) is 9.59 Å². The van der Waals surface area contributed by atoms with Crippen LogP contribution in [-0.4, -0.2) is 11.8 Å². The van der Waals surface area contributed by atoms with Crippen LogP contribution in [0.4, 0.5) is 11.4 Å². The Morgan fingerprint density at radius 3 is 1.36 bits per heavy atom. The fraction of sp³-hybridized carbons (Fsp3) is 0.182. The topological polar surface area (TPSA) is 82.3 Å². The van der Waals surface area contributed by atoms with E-state index in [0.29, 0.717) is 11.4 Å². The Labute approximate surface area is 165 Å². The molecule has 28 heavy (non-hydrogen) atoms. The van der Waals surface area contributed by atoms with Crippen molar-refractivity contribution in [3.05, 3.63) is 84.0 Å². The van der Waals surface area contributed by atoms with Crippen molar-refractivity contribution in [1.82, 2.24) is 10.9 Å². The third-order valence-corrected chi connectivity index (χ3v) is 3.93. The van der Waals surface area contributed by atoms with Crippen molar-refractivity contribution in [2.24, 2.45) is 0 Å². The molecule has 146 valence electrons. The number of anilines is 2. The van der Waals surface area contributed by atoms with Crippen LogP contribution in [0.15, 0.2) is 72.8 Å². The molecule has 0 atom stereocenters. The first-order chi connectivity index (χ1) is 13.6. The molecule has 2 amide bonds. The Bertz CT molecular complexity index is 753. The normalized spacial score (nSPS) is 10.8. The summed E-state index contributed by atoms with van der Waals surface area (Å²) < 4.78 is 0. The number of hydrogen-bond donors (Lipinski definition) is 4. The molecular formula is C22H26N4O2. The highest BCUT2D eigenvalue weighted by Gasteiger charge is 2.12. The zero-order valence-electron chi connectivity index (χ0n) is 16.2. The van der Waals surface area contributed by atoms with Gasteiger partial charge < -0.3 is 0 Å². The maximum atomic E-state index is 11.9. The van der Waals surface area contributed by atoms with Gasteiger partial charge in [0.05, 0.1) is 11.4 Å². The van der Waals surface area contributed by atoms with Crippen LogP contribution in [0.2, 0.25) is 0 Å². The molecule has 0 heterocycles. The van der Waals surface area contributed by atoms with E-state index in [1.807, 2.05) is 74.5 Å². The third-order valence-electron chi connectivity index (χ3n) is 3.93. The number of amides is 2. The molecule has 0 radical (unpaired) electrons. The molecule has 6 nitrogen and oxygen atoms in total. The van der Waals surface area contributed by atoms with Gasteiger partial charge in [-0.05, 0) is 62.1 Å². The molecule has 0 aromatic heterocycles. The first kappa shape index (κ1) is 20.8. The van der Waals surface area contributed by atoms with Gasteiger partial charge in [0.25, 0.3) is 0 Å². The highest BCUT2D eigenvalue weighted by Crippen LogP contribution is 2.10. The van der Waals surface area contributed by atoms with E-state index in [1.54, 1.807) is 0 Å². The first-order valence-corrected chi connectivity index (χ1v) is 9.15. The van der Waals surface area contributed by atoms with E-state index < -0.39 is 11.8 Å². The van der Waals surface area contributed by atoms with Crippen molar-refractivity contribution >= 4 is 23.2 Å². The Hall–Kier alpha value is -3.54. The Morgan fingerprint density at radius 2 is 1.04 bits per heavy atom. The maximum absolute atomic E-state index is 11.9. The largest absolute Gasteiger partial charge is 0.329 e. The molecule has 2 rings (SSSR count). The summed E-state index contributed by atoms with van der Waals surface area (Å²) in [6.45, 7) is 3.96. The van der Waals surface area contributed by atoms with Crippen molar-refractivity contribution in [2.45, 2.75) is 26.7 Å². The van der Waals surface area contributed by atoms with Gasteiger partial charge in [-0.25, -0.2) is 0 Å². The van der Waals surface area contributed by atoms with E-state index >= 15 is 0 Å². The van der Waals surface area contributed by atoms with Crippen LogP contribution in [0.3, 0.4) is 0 Å². The number of hydrogen-bond acceptors (Lipinski definition) is 4. The number of carbonyl (C=O) groups excluding carboxylic acids is 2. The minimum Gasteiger partial charge on any atom is -0.298 e. The summed E-state index contributed by atoms with van der Waals surface area (Å²) in [5, 5.41) is 0. The molecule has 0 fully saturated rings. The van der Waals surface area contributed by atoms with Crippen LogP contribution in [0.25, 0.3) is 0 Å². The second kappa shape index (κ2) is 11.2. The summed E-state index contributed by atoms with van der Waals surface area (Å²) in [6, 6.07) is 15.2. The molecule has 0 aliphatic rings. The quantitative estimate of drug-likeness (QED) is 0.322. The van der Waals surface area contributed by atoms with Crippen molar-refractivity contribution in [3.8, 4) is 0 Å². The summed E-state index contributed by atoms with van der Waals surface area (Å²) >= 11 is 0. The summed E-state index contributed by atoms with van der Waals surface area (Å²) in [5.41, 5.74) is 13.9. The predicted molar refractivity (Wildman–Crippen MR) is 113 cm³/mol. The molecule has 4 N–H and O–H groups in total. The van der Waals surface area contributed by atoms with E-state index in [0.717, 1.165) is 24.0 Å². The average Bonchev–Trinajstić information content (AvgIpc) is 2.74. The second-order valence-electron chi connectivity index (χ2n) is 6.10. The number of rotatable bonds is 8. The molecule has 2 aromatic rings. The lowest BCUT2D eigenvalue weighted by Gasteiger charge is -2.11. The van der Waals surface area contributed by atoms with Gasteiger partial charge in [0, 0.05) is 0 Å². The summed E-state index contributed by atoms with van der Waals surface area (Å²) in [5.74, 6) is -1.59. The van der Waals surface area contributed by atoms with Crippen LogP contribution in [-0.2, 0) is 22.4 Å². The predicted octanol–water partition coefficient (Wildman–Crippen LogP) is 3.51. The third kappa shape index (κ3) is 6.99. The lowest BCUT2D eigenvalue weighted by molar-refractivity contribution is -0.138. The maximum Gasteiger partial charge on any atom is 0.329 e. The fourth-order valence-electron chi connectivity index (χ4n) is 2.33. The number of benzene rings is 2. The zero-order valence-corrected chi connectivity index (χ0v) is 16.2. The first-order valence-electron chi connectivity index (χ1n) is 9.15. The Morgan fingerprint density at radius 1 is 0.679 bits per heavy atom. The molecule has 0 spiro atoms. The van der Waals surface area contributed by atoms with Gasteiger partial charge in [-0.1, -0.05) is 48.6 Å². The molecule has 0 bridgehead atoms. The lowest BCUT2D eigenvalue weighted by Crippen LogP contribution is -2.44. The number of allylic oxidation sites excluding steroid dienone is 4. The molecule has 0 unspecified atom stereocenters. The summed E-state index contributed by atoms with van der Waals surface area (Å²) in [6.07, 6.45) is 9.84. The van der Waals surface area contributed by atoms with Crippen LogP contribution in [0.5, 0.6) is 0 Å². The fourth-order valence-corrected chi connectivity index (χ4v) is 2.33. The van der Waals surface area contributed by atoms with E-state index in [-0.39, 0.29) is 0 Å². The van der Waals surface area contributed by atoms with E-state index in [1.165, 1.54) is 0 Å². The molecule has 0 saturated carbocycles. The van der Waals surface area contributed by atoms with Crippen LogP contribution in [0.1, 0.15) is 25.0 Å². The standard InChI is InChI=1S/C22H26N4O2/c1-3-5-7-17-9-13-19(14-10-17)23-25-21(27)22(28)26-24-20-15-11-18(12-16-20)8-6-4-2/h3-6,9-16,23-24H,7-8H2,1-2H3,(H,25,27)(H,26,28). The highest BCUT2D eigenvalue weighted by atomic mass is 16.2. The SMILES string of the molecule is CC=CCc1ccc(NNC(=O)C(=O)NNc2ccc(CC=CC)cc2)cc1. The van der Waals surface area contributed by atoms with E-state index in [4.69, 9.17) is 0 Å². The van der Waals surface area contributed by atoms with E-state index in [2.05, 4.69) is 33.9 Å². The van der Waals surface area contributed by atoms with Crippen LogP contribution >= 0.6 is 0 Å². The lowest BCUT2D eigenvalue weighted by atomic mass is 10.1. The molecular weight excluding hydrogens is 352 g/mol. The van der Waals surface area contributed by atoms with Gasteiger partial charge in [-0.15, -0.1) is 0 Å². The van der Waals surface area contributed by atoms with Crippen molar-refractivity contribution < 1.29 is 9.59 Å². The van der Waals surface area contributed by atoms with Crippen molar-refractivity contribution in [2.75, 3.05) is 10.9 Å². The van der Waals surface area contributed by atoms with Crippen molar-refractivity contribution in [3.63, 3.8) is 0 Å². The Balaban J connectivity index is 1.75. The smallest absolute Gasteiger partial charge is 0.298 e. The van der Waals surface area contributed by atoms with Crippen LogP contribution in [0, 0.1) is 0 Å². The van der Waals surface area contributed by atoms with Gasteiger partial charge in [-0.3, -0.25) is 31.3 Å². The number of carbonyl (C=O) groups is 2. The second-order valence-corrected chi connectivity index (χ2v) is 6.10. The van der Waals surface area contributed by atoms with Gasteiger partial charge in [0.15, 0.2) is 0 Å². The molecule has 0 aliphatic carbocycles. The van der Waals surface area contributed by atoms with Crippen molar-refractivity contribution in [1.29, 1.82) is 0 Å². The summed E-state index contributed by atoms with van der Waals surface area (Å²) in [4.78, 5) is 23.8. The number of nitrogens with one attached hydrogen (secondary N) is 4. The zero-order chi connectivity index (χ0) is 20.2. The Kier molecular flexibility index (Phi) is 8.33. The number of hydrazine groups is 2. The van der Waals surface area contributed by atoms with Crippen LogP contribution < -0.4 is 21.7 Å². The molecule has 0 aliphatic heterocycles. The molecule has 2 aromatic carbocycles. The minimum atomic E-state index is -0.796.